The molecule has 0 radical (unpaired) electrons. The Kier molecular flexibility index (Phi) is 4.83. The molecule has 0 bridgehead atoms. The van der Waals surface area contributed by atoms with E-state index in [1.54, 1.807) is 30.5 Å². The van der Waals surface area contributed by atoms with E-state index in [2.05, 4.69) is 9.88 Å². The van der Waals surface area contributed by atoms with Gasteiger partial charge in [0.05, 0.1) is 16.0 Å². The van der Waals surface area contributed by atoms with Crippen molar-refractivity contribution in [3.8, 4) is 0 Å². The van der Waals surface area contributed by atoms with Gasteiger partial charge in [0.25, 0.3) is 5.69 Å². The van der Waals surface area contributed by atoms with E-state index >= 15 is 0 Å². The highest BCUT2D eigenvalue weighted by molar-refractivity contribution is 5.97. The average molecular weight is 342 g/mol. The molecule has 7 heteroatoms. The normalized spacial score (nSPS) is 15.5. The van der Waals surface area contributed by atoms with Gasteiger partial charge in [0.15, 0.2) is 0 Å². The number of non-ortho nitro benzene ring substituents is 1. The Morgan fingerprint density at radius 3 is 2.72 bits per heavy atom. The summed E-state index contributed by atoms with van der Waals surface area (Å²) in [6, 6.07) is 6.76. The molecule has 0 saturated carbocycles. The summed E-state index contributed by atoms with van der Waals surface area (Å²) in [4.78, 5) is 31.6. The van der Waals surface area contributed by atoms with E-state index in [0.29, 0.717) is 24.0 Å². The van der Waals surface area contributed by atoms with Crippen molar-refractivity contribution >= 4 is 28.2 Å². The van der Waals surface area contributed by atoms with E-state index in [1.165, 1.54) is 0 Å². The van der Waals surface area contributed by atoms with Gasteiger partial charge < -0.3 is 9.80 Å². The minimum Gasteiger partial charge on any atom is -0.368 e. The van der Waals surface area contributed by atoms with Crippen LogP contribution >= 0.6 is 0 Å². The van der Waals surface area contributed by atoms with Crippen molar-refractivity contribution < 1.29 is 9.72 Å². The molecule has 7 nitrogen and oxygen atoms in total. The van der Waals surface area contributed by atoms with Crippen LogP contribution in [0.2, 0.25) is 0 Å². The van der Waals surface area contributed by atoms with E-state index < -0.39 is 0 Å². The Morgan fingerprint density at radius 2 is 2.00 bits per heavy atom. The molecule has 1 saturated heterocycles. The summed E-state index contributed by atoms with van der Waals surface area (Å²) in [5.74, 6) is 0.168. The number of benzene rings is 1. The molecule has 0 spiro atoms. The van der Waals surface area contributed by atoms with Crippen LogP contribution in [0.5, 0.6) is 0 Å². The van der Waals surface area contributed by atoms with Crippen molar-refractivity contribution in [3.63, 3.8) is 0 Å². The van der Waals surface area contributed by atoms with Crippen LogP contribution in [0.1, 0.15) is 20.3 Å². The van der Waals surface area contributed by atoms with Crippen molar-refractivity contribution in [2.75, 3.05) is 31.1 Å². The van der Waals surface area contributed by atoms with Gasteiger partial charge in [-0.3, -0.25) is 19.9 Å². The number of fused-ring (bicyclic) bond motifs is 1. The largest absolute Gasteiger partial charge is 0.368 e. The second-order valence-corrected chi connectivity index (χ2v) is 6.58. The molecule has 2 aromatic rings. The molecular weight excluding hydrogens is 320 g/mol. The summed E-state index contributed by atoms with van der Waals surface area (Å²) in [6.07, 6.45) is 2.52. The fraction of sp³-hybridized carbons (Fsp3) is 0.444. The summed E-state index contributed by atoms with van der Waals surface area (Å²) in [5.41, 5.74) is 1.60. The van der Waals surface area contributed by atoms with Crippen molar-refractivity contribution in [3.05, 3.63) is 40.6 Å². The molecule has 0 unspecified atom stereocenters. The van der Waals surface area contributed by atoms with E-state index in [0.717, 1.165) is 25.2 Å². The maximum Gasteiger partial charge on any atom is 0.278 e. The number of amides is 1. The number of rotatable bonds is 3. The van der Waals surface area contributed by atoms with Crippen LogP contribution < -0.4 is 4.90 Å². The van der Waals surface area contributed by atoms with Crippen LogP contribution in [-0.4, -0.2) is 46.9 Å². The summed E-state index contributed by atoms with van der Waals surface area (Å²) >= 11 is 0. The lowest BCUT2D eigenvalue weighted by atomic mass is 10.1. The van der Waals surface area contributed by atoms with Crippen LogP contribution in [0, 0.1) is 16.0 Å². The first-order valence-electron chi connectivity index (χ1n) is 8.55. The number of carbonyl (C=O) groups is 1. The number of pyridine rings is 1. The summed E-state index contributed by atoms with van der Waals surface area (Å²) in [7, 11) is 0. The molecular formula is C18H22N4O3. The van der Waals surface area contributed by atoms with E-state index in [-0.39, 0.29) is 22.4 Å². The van der Waals surface area contributed by atoms with Crippen molar-refractivity contribution in [2.45, 2.75) is 20.3 Å². The van der Waals surface area contributed by atoms with Gasteiger partial charge in [0.1, 0.15) is 5.52 Å². The molecule has 1 fully saturated rings. The SMILES string of the molecule is CC(C)C(=O)N1CCCN(c2ccc([N+](=O)[O-])c3cccnc23)CC1. The molecule has 132 valence electrons. The molecule has 1 amide bonds. The van der Waals surface area contributed by atoms with Gasteiger partial charge in [-0.05, 0) is 24.6 Å². The van der Waals surface area contributed by atoms with Crippen LogP contribution in [0.4, 0.5) is 11.4 Å². The van der Waals surface area contributed by atoms with Gasteiger partial charge in [0.2, 0.25) is 5.91 Å². The smallest absolute Gasteiger partial charge is 0.278 e. The fourth-order valence-electron chi connectivity index (χ4n) is 3.30. The molecule has 2 heterocycles. The quantitative estimate of drug-likeness (QED) is 0.633. The third-order valence-electron chi connectivity index (χ3n) is 4.56. The van der Waals surface area contributed by atoms with Gasteiger partial charge >= 0.3 is 0 Å². The number of anilines is 1. The molecule has 1 aliphatic heterocycles. The molecule has 0 N–H and O–H groups in total. The maximum atomic E-state index is 12.2. The van der Waals surface area contributed by atoms with Gasteiger partial charge in [0, 0.05) is 44.4 Å². The third kappa shape index (κ3) is 3.40. The monoisotopic (exact) mass is 342 g/mol. The first-order valence-corrected chi connectivity index (χ1v) is 8.55. The summed E-state index contributed by atoms with van der Waals surface area (Å²) < 4.78 is 0. The minimum atomic E-state index is -0.376. The zero-order chi connectivity index (χ0) is 18.0. The Morgan fingerprint density at radius 1 is 1.20 bits per heavy atom. The van der Waals surface area contributed by atoms with Gasteiger partial charge in [-0.2, -0.15) is 0 Å². The second-order valence-electron chi connectivity index (χ2n) is 6.58. The van der Waals surface area contributed by atoms with Crippen molar-refractivity contribution in [2.24, 2.45) is 5.92 Å². The molecule has 25 heavy (non-hydrogen) atoms. The van der Waals surface area contributed by atoms with Crippen LogP contribution in [-0.2, 0) is 4.79 Å². The lowest BCUT2D eigenvalue weighted by molar-refractivity contribution is -0.383. The first kappa shape index (κ1) is 17.1. The molecule has 3 rings (SSSR count). The highest BCUT2D eigenvalue weighted by atomic mass is 16.6. The number of hydrogen-bond donors (Lipinski definition) is 0. The molecule has 1 aromatic heterocycles. The van der Waals surface area contributed by atoms with Crippen LogP contribution in [0.3, 0.4) is 0 Å². The zero-order valence-electron chi connectivity index (χ0n) is 14.5. The van der Waals surface area contributed by atoms with Gasteiger partial charge in [-0.1, -0.05) is 13.8 Å². The van der Waals surface area contributed by atoms with E-state index in [1.807, 2.05) is 18.7 Å². The van der Waals surface area contributed by atoms with Gasteiger partial charge in [-0.25, -0.2) is 0 Å². The van der Waals surface area contributed by atoms with Crippen molar-refractivity contribution in [1.29, 1.82) is 0 Å². The Hall–Kier alpha value is -2.70. The zero-order valence-corrected chi connectivity index (χ0v) is 14.5. The predicted molar refractivity (Wildman–Crippen MR) is 96.6 cm³/mol. The summed E-state index contributed by atoms with van der Waals surface area (Å²) in [5, 5.41) is 11.8. The summed E-state index contributed by atoms with van der Waals surface area (Å²) in [6.45, 7) is 6.72. The molecule has 0 atom stereocenters. The average Bonchev–Trinajstić information content (AvgIpc) is 2.85. The molecule has 1 aromatic carbocycles. The van der Waals surface area contributed by atoms with Gasteiger partial charge in [-0.15, -0.1) is 0 Å². The predicted octanol–water partition coefficient (Wildman–Crippen LogP) is 2.84. The maximum absolute atomic E-state index is 12.2. The highest BCUT2D eigenvalue weighted by Crippen LogP contribution is 2.32. The molecule has 1 aliphatic rings. The number of nitrogens with zero attached hydrogens (tertiary/aromatic N) is 4. The molecule has 0 aliphatic carbocycles. The Labute approximate surface area is 146 Å². The number of hydrogen-bond acceptors (Lipinski definition) is 5. The second kappa shape index (κ2) is 7.04. The Balaban J connectivity index is 1.91. The van der Waals surface area contributed by atoms with E-state index in [9.17, 15) is 14.9 Å². The third-order valence-corrected chi connectivity index (χ3v) is 4.56. The number of nitro benzene ring substituents is 1. The number of nitro groups is 1. The lowest BCUT2D eigenvalue weighted by Gasteiger charge is -2.25. The highest BCUT2D eigenvalue weighted by Gasteiger charge is 2.23. The van der Waals surface area contributed by atoms with Crippen LogP contribution in [0.25, 0.3) is 10.9 Å². The lowest BCUT2D eigenvalue weighted by Crippen LogP contribution is -2.37. The number of aromatic nitrogens is 1. The fourth-order valence-corrected chi connectivity index (χ4v) is 3.30. The Bertz CT molecular complexity index is 806. The van der Waals surface area contributed by atoms with Crippen molar-refractivity contribution in [1.82, 2.24) is 9.88 Å². The van der Waals surface area contributed by atoms with E-state index in [4.69, 9.17) is 0 Å². The standard InChI is InChI=1S/C18H22N4O3/c1-13(2)18(23)21-10-4-9-20(11-12-21)16-7-6-15(22(24)25)14-5-3-8-19-17(14)16/h3,5-8,13H,4,9-12H2,1-2H3. The van der Waals surface area contributed by atoms with Crippen LogP contribution in [0.15, 0.2) is 30.5 Å². The topological polar surface area (TPSA) is 79.6 Å². The number of carbonyl (C=O) groups excluding carboxylic acids is 1. The first-order chi connectivity index (χ1) is 12.0. The minimum absolute atomic E-state index is 0.00609.